The van der Waals surface area contributed by atoms with E-state index in [2.05, 4.69) is 5.32 Å². The van der Waals surface area contributed by atoms with Gasteiger partial charge >= 0.3 is 0 Å². The van der Waals surface area contributed by atoms with E-state index in [1.165, 1.54) is 0 Å². The molecule has 0 aromatic heterocycles. The van der Waals surface area contributed by atoms with Gasteiger partial charge in [0.2, 0.25) is 0 Å². The number of β-amino-alcohol motifs (C(OH)–C–C–N with tert-alkyl or cyclic N) is 1. The summed E-state index contributed by atoms with van der Waals surface area (Å²) < 4.78 is 24.8. The van der Waals surface area contributed by atoms with Crippen LogP contribution in [0.2, 0.25) is 0 Å². The smallest absolute Gasteiger partial charge is 0.179 e. The molecule has 1 saturated heterocycles. The Bertz CT molecular complexity index is 588. The van der Waals surface area contributed by atoms with Crippen LogP contribution < -0.4 is 5.32 Å². The van der Waals surface area contributed by atoms with E-state index in [4.69, 9.17) is 0 Å². The Kier molecular flexibility index (Phi) is 9.79. The van der Waals surface area contributed by atoms with Gasteiger partial charge in [-0.05, 0) is 38.6 Å². The molecule has 8 heteroatoms. The number of halogens is 2. The number of likely N-dealkylation sites (N-methyl/N-ethyl adjacent to an activating group) is 1. The number of nitrogens with one attached hydrogen (secondary N) is 1. The summed E-state index contributed by atoms with van der Waals surface area (Å²) in [6, 6.07) is 6.96. The maximum absolute atomic E-state index is 12.4. The Morgan fingerprint density at radius 3 is 2.38 bits per heavy atom. The van der Waals surface area contributed by atoms with Gasteiger partial charge in [-0.2, -0.15) is 0 Å². The van der Waals surface area contributed by atoms with Crippen LogP contribution in [0.4, 0.5) is 0 Å². The van der Waals surface area contributed by atoms with Gasteiger partial charge in [-0.1, -0.05) is 24.6 Å². The van der Waals surface area contributed by atoms with Crippen molar-refractivity contribution in [3.63, 3.8) is 0 Å². The third-order valence-electron chi connectivity index (χ3n) is 4.24. The normalized spacial score (nSPS) is 20.5. The first-order chi connectivity index (χ1) is 10.3. The first kappa shape index (κ1) is 23.6. The minimum absolute atomic E-state index is 0. The molecule has 0 saturated carbocycles. The van der Waals surface area contributed by atoms with Crippen molar-refractivity contribution in [2.24, 2.45) is 0 Å². The highest BCUT2D eigenvalue weighted by Crippen LogP contribution is 2.17. The molecule has 1 fully saturated rings. The van der Waals surface area contributed by atoms with Crippen LogP contribution in [0.5, 0.6) is 0 Å². The molecule has 1 atom stereocenters. The molecule has 0 bridgehead atoms. The molecule has 1 heterocycles. The molecule has 1 unspecified atom stereocenters. The van der Waals surface area contributed by atoms with Gasteiger partial charge in [0.1, 0.15) is 0 Å². The van der Waals surface area contributed by atoms with Crippen molar-refractivity contribution >= 4 is 34.7 Å². The van der Waals surface area contributed by atoms with Gasteiger partial charge in [-0.15, -0.1) is 24.8 Å². The van der Waals surface area contributed by atoms with Gasteiger partial charge in [0, 0.05) is 19.6 Å². The zero-order chi connectivity index (χ0) is 16.2. The zero-order valence-electron chi connectivity index (χ0n) is 14.2. The number of aliphatic hydroxyl groups is 1. The summed E-state index contributed by atoms with van der Waals surface area (Å²) in [5.41, 5.74) is 0.314. The van der Waals surface area contributed by atoms with Gasteiger partial charge in [0.05, 0.1) is 16.2 Å². The standard InChI is InChI=1S/C16H26N2O3S.2ClH/c1-3-18(13-16(19)8-9-17-12-16)10-11-22(20,21)15-6-4-14(2)5-7-15;;/h4-7,17,19H,3,8-13H2,1-2H3;2*1H. The largest absolute Gasteiger partial charge is 0.387 e. The molecule has 0 radical (unpaired) electrons. The SMILES string of the molecule is CCN(CCS(=O)(=O)c1ccc(C)cc1)CC1(O)CCNC1.Cl.Cl. The molecule has 1 aliphatic rings. The minimum Gasteiger partial charge on any atom is -0.387 e. The fourth-order valence-corrected chi connectivity index (χ4v) is 4.03. The Morgan fingerprint density at radius 2 is 1.88 bits per heavy atom. The van der Waals surface area contributed by atoms with Crippen LogP contribution in [0.1, 0.15) is 18.9 Å². The number of sulfone groups is 1. The molecule has 140 valence electrons. The lowest BCUT2D eigenvalue weighted by molar-refractivity contribution is 0.0240. The van der Waals surface area contributed by atoms with Crippen LogP contribution >= 0.6 is 24.8 Å². The molecule has 0 amide bonds. The minimum atomic E-state index is -3.27. The van der Waals surface area contributed by atoms with Crippen molar-refractivity contribution in [3.05, 3.63) is 29.8 Å². The molecule has 1 aromatic rings. The number of rotatable bonds is 7. The van der Waals surface area contributed by atoms with E-state index in [1.807, 2.05) is 30.9 Å². The zero-order valence-corrected chi connectivity index (χ0v) is 16.6. The third-order valence-corrected chi connectivity index (χ3v) is 5.95. The summed E-state index contributed by atoms with van der Waals surface area (Å²) in [5, 5.41) is 13.6. The molecular weight excluding hydrogens is 371 g/mol. The quantitative estimate of drug-likeness (QED) is 0.730. The van der Waals surface area contributed by atoms with Crippen molar-refractivity contribution < 1.29 is 13.5 Å². The molecule has 2 N–H and O–H groups in total. The summed E-state index contributed by atoms with van der Waals surface area (Å²) >= 11 is 0. The van der Waals surface area contributed by atoms with Crippen LogP contribution in [-0.2, 0) is 9.84 Å². The Balaban J connectivity index is 0.00000264. The molecule has 5 nitrogen and oxygen atoms in total. The highest BCUT2D eigenvalue weighted by atomic mass is 35.5. The van der Waals surface area contributed by atoms with E-state index in [9.17, 15) is 13.5 Å². The molecule has 1 aromatic carbocycles. The van der Waals surface area contributed by atoms with E-state index < -0.39 is 15.4 Å². The van der Waals surface area contributed by atoms with Crippen molar-refractivity contribution in [1.82, 2.24) is 10.2 Å². The van der Waals surface area contributed by atoms with E-state index in [0.29, 0.717) is 31.0 Å². The van der Waals surface area contributed by atoms with Gasteiger partial charge in [-0.3, -0.25) is 4.90 Å². The van der Waals surface area contributed by atoms with E-state index in [1.54, 1.807) is 12.1 Å². The second kappa shape index (κ2) is 9.94. The van der Waals surface area contributed by atoms with Crippen molar-refractivity contribution in [1.29, 1.82) is 0 Å². The molecule has 0 aliphatic carbocycles. The first-order valence-electron chi connectivity index (χ1n) is 7.79. The lowest BCUT2D eigenvalue weighted by Gasteiger charge is -2.29. The van der Waals surface area contributed by atoms with Crippen LogP contribution in [0.3, 0.4) is 0 Å². The topological polar surface area (TPSA) is 69.6 Å². The highest BCUT2D eigenvalue weighted by molar-refractivity contribution is 7.91. The number of hydrogen-bond donors (Lipinski definition) is 2. The van der Waals surface area contributed by atoms with E-state index in [-0.39, 0.29) is 30.6 Å². The van der Waals surface area contributed by atoms with Crippen molar-refractivity contribution in [2.45, 2.75) is 30.8 Å². The third kappa shape index (κ3) is 6.50. The van der Waals surface area contributed by atoms with E-state index in [0.717, 1.165) is 18.7 Å². The van der Waals surface area contributed by atoms with Crippen LogP contribution in [0.25, 0.3) is 0 Å². The monoisotopic (exact) mass is 398 g/mol. The van der Waals surface area contributed by atoms with Crippen molar-refractivity contribution in [3.8, 4) is 0 Å². The summed E-state index contributed by atoms with van der Waals surface area (Å²) in [4.78, 5) is 2.38. The molecule has 1 aliphatic heterocycles. The van der Waals surface area contributed by atoms with Crippen LogP contribution in [-0.4, -0.2) is 62.5 Å². The highest BCUT2D eigenvalue weighted by Gasteiger charge is 2.32. The first-order valence-corrected chi connectivity index (χ1v) is 9.45. The van der Waals surface area contributed by atoms with Crippen LogP contribution in [0, 0.1) is 6.92 Å². The molecule has 2 rings (SSSR count). The lowest BCUT2D eigenvalue weighted by Crippen LogP contribution is -2.45. The second-order valence-corrected chi connectivity index (χ2v) is 8.26. The number of nitrogens with zero attached hydrogens (tertiary/aromatic N) is 1. The van der Waals surface area contributed by atoms with Crippen LogP contribution in [0.15, 0.2) is 29.2 Å². The number of hydrogen-bond acceptors (Lipinski definition) is 5. The average molecular weight is 399 g/mol. The predicted molar refractivity (Wildman–Crippen MR) is 102 cm³/mol. The number of aryl methyl sites for hydroxylation is 1. The summed E-state index contributed by atoms with van der Waals surface area (Å²) in [6.07, 6.45) is 0.716. The number of benzene rings is 1. The lowest BCUT2D eigenvalue weighted by atomic mass is 10.0. The molecule has 0 spiro atoms. The maximum atomic E-state index is 12.4. The summed E-state index contributed by atoms with van der Waals surface area (Å²) in [5.74, 6) is 0.0768. The van der Waals surface area contributed by atoms with Gasteiger partial charge < -0.3 is 10.4 Å². The Hall–Kier alpha value is -0.370. The Morgan fingerprint density at radius 1 is 1.25 bits per heavy atom. The second-order valence-electron chi connectivity index (χ2n) is 6.15. The maximum Gasteiger partial charge on any atom is 0.179 e. The van der Waals surface area contributed by atoms with E-state index >= 15 is 0 Å². The van der Waals surface area contributed by atoms with Gasteiger partial charge in [0.25, 0.3) is 0 Å². The predicted octanol–water partition coefficient (Wildman–Crippen LogP) is 1.66. The average Bonchev–Trinajstić information content (AvgIpc) is 2.91. The Labute approximate surface area is 157 Å². The molecule has 24 heavy (non-hydrogen) atoms. The molecular formula is C16H28Cl2N2O3S. The van der Waals surface area contributed by atoms with Crippen molar-refractivity contribution in [2.75, 3.05) is 38.5 Å². The summed E-state index contributed by atoms with van der Waals surface area (Å²) in [6.45, 7) is 7.00. The fourth-order valence-electron chi connectivity index (χ4n) is 2.74. The van der Waals surface area contributed by atoms with Gasteiger partial charge in [0.15, 0.2) is 9.84 Å². The van der Waals surface area contributed by atoms with Gasteiger partial charge in [-0.25, -0.2) is 8.42 Å². The summed E-state index contributed by atoms with van der Waals surface area (Å²) in [7, 11) is -3.27. The fraction of sp³-hybridized carbons (Fsp3) is 0.625.